The van der Waals surface area contributed by atoms with Gasteiger partial charge in [0.25, 0.3) is 5.91 Å². The van der Waals surface area contributed by atoms with E-state index in [1.165, 1.54) is 6.21 Å². The molecule has 2 aromatic carbocycles. The third kappa shape index (κ3) is 6.73. The van der Waals surface area contributed by atoms with Gasteiger partial charge in [-0.05, 0) is 57.0 Å². The molecule has 158 valence electrons. The van der Waals surface area contributed by atoms with Crippen molar-refractivity contribution in [2.24, 2.45) is 5.10 Å². The van der Waals surface area contributed by atoms with Gasteiger partial charge >= 0.3 is 11.8 Å². The number of nitrogens with zero attached hydrogens (tertiary/aromatic N) is 1. The standard InChI is InChI=1S/C22H26N4O4/c1-14(2)24-21(28)22(29)26-23-12-17-9-5-6-11-19(17)30-13-20(27)25-18-10-7-8-15(3)16(18)4/h5-12,14H,13H2,1-4H3,(H,24,28)(H,25,27)(H,26,29)/b23-12-. The Bertz CT molecular complexity index is 954. The van der Waals surface area contributed by atoms with Gasteiger partial charge in [-0.1, -0.05) is 24.3 Å². The van der Waals surface area contributed by atoms with E-state index in [-0.39, 0.29) is 18.6 Å². The number of carbonyl (C=O) groups excluding carboxylic acids is 3. The van der Waals surface area contributed by atoms with Gasteiger partial charge in [0.05, 0.1) is 6.21 Å². The number of ether oxygens (including phenoxy) is 1. The fourth-order valence-corrected chi connectivity index (χ4v) is 2.47. The van der Waals surface area contributed by atoms with Crippen LogP contribution in [0.25, 0.3) is 0 Å². The molecule has 0 saturated heterocycles. The zero-order valence-electron chi connectivity index (χ0n) is 17.5. The summed E-state index contributed by atoms with van der Waals surface area (Å²) in [5.74, 6) is -1.52. The first kappa shape index (κ1) is 22.6. The maximum atomic E-state index is 12.3. The van der Waals surface area contributed by atoms with E-state index in [1.807, 2.05) is 32.0 Å². The molecule has 3 N–H and O–H groups in total. The highest BCUT2D eigenvalue weighted by Crippen LogP contribution is 2.19. The molecule has 2 aromatic rings. The van der Waals surface area contributed by atoms with Crippen LogP contribution in [-0.2, 0) is 14.4 Å². The van der Waals surface area contributed by atoms with Gasteiger partial charge in [-0.2, -0.15) is 5.10 Å². The lowest BCUT2D eigenvalue weighted by molar-refractivity contribution is -0.139. The Morgan fingerprint density at radius 3 is 2.50 bits per heavy atom. The normalized spacial score (nSPS) is 10.7. The van der Waals surface area contributed by atoms with Crippen LogP contribution < -0.4 is 20.8 Å². The molecule has 0 aliphatic heterocycles. The molecule has 0 aliphatic rings. The molecular weight excluding hydrogens is 384 g/mol. The lowest BCUT2D eigenvalue weighted by Gasteiger charge is -2.12. The van der Waals surface area contributed by atoms with Crippen LogP contribution in [0, 0.1) is 13.8 Å². The van der Waals surface area contributed by atoms with E-state index in [2.05, 4.69) is 21.2 Å². The number of rotatable bonds is 7. The SMILES string of the molecule is Cc1cccc(NC(=O)COc2ccccc2/C=N\NC(=O)C(=O)NC(C)C)c1C. The minimum Gasteiger partial charge on any atom is -0.483 e. The van der Waals surface area contributed by atoms with Crippen LogP contribution in [0.5, 0.6) is 5.75 Å². The second kappa shape index (κ2) is 10.8. The number of aryl methyl sites for hydroxylation is 1. The second-order valence-corrected chi connectivity index (χ2v) is 6.95. The van der Waals surface area contributed by atoms with Gasteiger partial charge in [-0.15, -0.1) is 0 Å². The topological polar surface area (TPSA) is 109 Å². The quantitative estimate of drug-likeness (QED) is 0.370. The highest BCUT2D eigenvalue weighted by Gasteiger charge is 2.13. The summed E-state index contributed by atoms with van der Waals surface area (Å²) in [5, 5.41) is 9.08. The van der Waals surface area contributed by atoms with Crippen LogP contribution in [0.4, 0.5) is 5.69 Å². The van der Waals surface area contributed by atoms with Gasteiger partial charge < -0.3 is 15.4 Å². The average Bonchev–Trinajstić information content (AvgIpc) is 2.70. The van der Waals surface area contributed by atoms with Crippen molar-refractivity contribution >= 4 is 29.6 Å². The molecule has 30 heavy (non-hydrogen) atoms. The van der Waals surface area contributed by atoms with E-state index in [9.17, 15) is 14.4 Å². The van der Waals surface area contributed by atoms with Crippen molar-refractivity contribution in [2.75, 3.05) is 11.9 Å². The molecule has 0 saturated carbocycles. The maximum absolute atomic E-state index is 12.3. The van der Waals surface area contributed by atoms with Crippen LogP contribution >= 0.6 is 0 Å². The number of benzene rings is 2. The molecule has 8 heteroatoms. The van der Waals surface area contributed by atoms with Crippen molar-refractivity contribution in [1.29, 1.82) is 0 Å². The Balaban J connectivity index is 1.95. The van der Waals surface area contributed by atoms with E-state index in [4.69, 9.17) is 4.74 Å². The van der Waals surface area contributed by atoms with E-state index < -0.39 is 11.8 Å². The summed E-state index contributed by atoms with van der Waals surface area (Å²) in [4.78, 5) is 35.5. The number of hydrazone groups is 1. The third-order valence-electron chi connectivity index (χ3n) is 4.15. The summed E-state index contributed by atoms with van der Waals surface area (Å²) < 4.78 is 5.60. The zero-order chi connectivity index (χ0) is 22.1. The highest BCUT2D eigenvalue weighted by atomic mass is 16.5. The second-order valence-electron chi connectivity index (χ2n) is 6.95. The fourth-order valence-electron chi connectivity index (χ4n) is 2.47. The molecule has 0 unspecified atom stereocenters. The largest absolute Gasteiger partial charge is 0.483 e. The van der Waals surface area contributed by atoms with E-state index in [0.29, 0.717) is 11.3 Å². The van der Waals surface area contributed by atoms with Crippen molar-refractivity contribution in [3.63, 3.8) is 0 Å². The van der Waals surface area contributed by atoms with Gasteiger partial charge in [0, 0.05) is 17.3 Å². The predicted octanol–water partition coefficient (Wildman–Crippen LogP) is 2.30. The van der Waals surface area contributed by atoms with E-state index in [1.54, 1.807) is 38.1 Å². The monoisotopic (exact) mass is 410 g/mol. The number of carbonyl (C=O) groups is 3. The first-order chi connectivity index (χ1) is 14.3. The van der Waals surface area contributed by atoms with E-state index in [0.717, 1.165) is 16.8 Å². The molecule has 0 aromatic heterocycles. The smallest absolute Gasteiger partial charge is 0.329 e. The Hall–Kier alpha value is -3.68. The van der Waals surface area contributed by atoms with Gasteiger partial charge in [-0.25, -0.2) is 5.43 Å². The van der Waals surface area contributed by atoms with Crippen LogP contribution in [0.3, 0.4) is 0 Å². The van der Waals surface area contributed by atoms with Crippen LogP contribution in [0.15, 0.2) is 47.6 Å². The van der Waals surface area contributed by atoms with Crippen molar-refractivity contribution in [3.05, 3.63) is 59.2 Å². The molecule has 0 aliphatic carbocycles. The molecule has 0 fully saturated rings. The number of nitrogens with one attached hydrogen (secondary N) is 3. The maximum Gasteiger partial charge on any atom is 0.329 e. The van der Waals surface area contributed by atoms with Gasteiger partial charge in [0.1, 0.15) is 5.75 Å². The first-order valence-corrected chi connectivity index (χ1v) is 9.49. The van der Waals surface area contributed by atoms with Crippen LogP contribution in [0.2, 0.25) is 0 Å². The molecule has 3 amide bonds. The minimum atomic E-state index is -0.869. The fraction of sp³-hybridized carbons (Fsp3) is 0.273. The number of hydrogen-bond donors (Lipinski definition) is 3. The lowest BCUT2D eigenvalue weighted by Crippen LogP contribution is -2.41. The van der Waals surface area contributed by atoms with Crippen molar-refractivity contribution in [3.8, 4) is 5.75 Å². The Morgan fingerprint density at radius 2 is 1.77 bits per heavy atom. The minimum absolute atomic E-state index is 0.156. The summed E-state index contributed by atoms with van der Waals surface area (Å²) in [7, 11) is 0. The average molecular weight is 410 g/mol. The molecule has 8 nitrogen and oxygen atoms in total. The van der Waals surface area contributed by atoms with Crippen molar-refractivity contribution in [2.45, 2.75) is 33.7 Å². The third-order valence-corrected chi connectivity index (χ3v) is 4.15. The summed E-state index contributed by atoms with van der Waals surface area (Å²) in [6, 6.07) is 12.4. The molecular formula is C22H26N4O4. The van der Waals surface area contributed by atoms with Gasteiger partial charge in [0.2, 0.25) is 0 Å². The van der Waals surface area contributed by atoms with Crippen LogP contribution in [0.1, 0.15) is 30.5 Å². The number of hydrogen-bond acceptors (Lipinski definition) is 5. The Morgan fingerprint density at radius 1 is 1.03 bits per heavy atom. The Kier molecular flexibility index (Phi) is 8.10. The van der Waals surface area contributed by atoms with Gasteiger partial charge in [0.15, 0.2) is 6.61 Å². The summed E-state index contributed by atoms with van der Waals surface area (Å²) >= 11 is 0. The number of amides is 3. The number of anilines is 1. The van der Waals surface area contributed by atoms with Gasteiger partial charge in [-0.3, -0.25) is 14.4 Å². The van der Waals surface area contributed by atoms with Crippen LogP contribution in [-0.4, -0.2) is 36.6 Å². The van der Waals surface area contributed by atoms with E-state index >= 15 is 0 Å². The molecule has 0 spiro atoms. The highest BCUT2D eigenvalue weighted by molar-refractivity contribution is 6.35. The van der Waals surface area contributed by atoms with Crippen molar-refractivity contribution in [1.82, 2.24) is 10.7 Å². The molecule has 2 rings (SSSR count). The first-order valence-electron chi connectivity index (χ1n) is 9.49. The predicted molar refractivity (Wildman–Crippen MR) is 115 cm³/mol. The molecule has 0 bridgehead atoms. The number of para-hydroxylation sites is 1. The van der Waals surface area contributed by atoms with Crippen molar-refractivity contribution < 1.29 is 19.1 Å². The lowest BCUT2D eigenvalue weighted by atomic mass is 10.1. The summed E-state index contributed by atoms with van der Waals surface area (Å²) in [6.45, 7) is 7.22. The summed E-state index contributed by atoms with van der Waals surface area (Å²) in [5.41, 5.74) is 5.51. The summed E-state index contributed by atoms with van der Waals surface area (Å²) in [6.07, 6.45) is 1.35. The Labute approximate surface area is 175 Å². The molecule has 0 radical (unpaired) electrons. The molecule has 0 heterocycles. The molecule has 0 atom stereocenters. The zero-order valence-corrected chi connectivity index (χ0v) is 17.5.